The second-order valence-corrected chi connectivity index (χ2v) is 9.32. The summed E-state index contributed by atoms with van der Waals surface area (Å²) < 4.78 is 0. The van der Waals surface area contributed by atoms with Gasteiger partial charge in [-0.15, -0.1) is 11.6 Å². The van der Waals surface area contributed by atoms with Gasteiger partial charge in [-0.05, 0) is 61.6 Å². The largest absolute Gasteiger partial charge is 0.388 e. The summed E-state index contributed by atoms with van der Waals surface area (Å²) in [6, 6.07) is 7.92. The number of aryl methyl sites for hydroxylation is 1. The van der Waals surface area contributed by atoms with Crippen LogP contribution in [0.5, 0.6) is 0 Å². The molecule has 1 amide bonds. The Morgan fingerprint density at radius 1 is 1.33 bits per heavy atom. The van der Waals surface area contributed by atoms with Crippen molar-refractivity contribution in [3.63, 3.8) is 0 Å². The average Bonchev–Trinajstić information content (AvgIpc) is 2.94. The van der Waals surface area contributed by atoms with Crippen molar-refractivity contribution in [2.45, 2.75) is 78.7 Å². The molecule has 10 heteroatoms. The Morgan fingerprint density at radius 2 is 2.00 bits per heavy atom. The van der Waals surface area contributed by atoms with Crippen LogP contribution in [-0.4, -0.2) is 49.2 Å². The third-order valence-electron chi connectivity index (χ3n) is 6.14. The molecule has 0 aromatic heterocycles. The lowest BCUT2D eigenvalue weighted by atomic mass is 9.70. The van der Waals surface area contributed by atoms with E-state index in [1.54, 1.807) is 7.05 Å². The first-order chi connectivity index (χ1) is 18.7. The van der Waals surface area contributed by atoms with Crippen LogP contribution in [0, 0.1) is 11.3 Å². The van der Waals surface area contributed by atoms with E-state index in [2.05, 4.69) is 60.5 Å². The summed E-state index contributed by atoms with van der Waals surface area (Å²) in [5, 5.41) is 16.4. The highest BCUT2D eigenvalue weighted by Crippen LogP contribution is 2.39. The van der Waals surface area contributed by atoms with E-state index in [1.165, 1.54) is 21.6 Å². The number of alkyl halides is 1. The van der Waals surface area contributed by atoms with Gasteiger partial charge in [-0.3, -0.25) is 4.79 Å². The van der Waals surface area contributed by atoms with Gasteiger partial charge in [-0.2, -0.15) is 10.4 Å². The van der Waals surface area contributed by atoms with Crippen LogP contribution in [0.2, 0.25) is 5.02 Å². The second-order valence-electron chi connectivity index (χ2n) is 8.58. The van der Waals surface area contributed by atoms with Crippen molar-refractivity contribution in [3.8, 4) is 6.07 Å². The van der Waals surface area contributed by atoms with Crippen molar-refractivity contribution in [2.75, 3.05) is 26.0 Å². The number of nitriles is 1. The molecule has 2 unspecified atom stereocenters. The minimum atomic E-state index is -0.393. The maximum Gasteiger partial charge on any atom is 0.237 e. The average molecular weight is 583 g/mol. The van der Waals surface area contributed by atoms with Crippen molar-refractivity contribution in [2.24, 2.45) is 16.7 Å². The molecule has 0 heterocycles. The highest BCUT2D eigenvalue weighted by atomic mass is 35.5. The summed E-state index contributed by atoms with van der Waals surface area (Å²) >= 11 is 12.2. The molecule has 0 fully saturated rings. The minimum absolute atomic E-state index is 0.0773. The Morgan fingerprint density at radius 3 is 2.46 bits per heavy atom. The number of hydrazine groups is 1. The molecule has 0 aliphatic carbocycles. The molecule has 0 radical (unpaired) electrons. The van der Waals surface area contributed by atoms with E-state index >= 15 is 0 Å². The molecule has 6 N–H and O–H groups in total. The molecule has 220 valence electrons. The number of carbonyl (C=O) groups excluding carboxylic acids is 1. The van der Waals surface area contributed by atoms with Gasteiger partial charge < -0.3 is 16.0 Å². The van der Waals surface area contributed by atoms with Gasteiger partial charge in [0.2, 0.25) is 5.91 Å². The van der Waals surface area contributed by atoms with Crippen molar-refractivity contribution in [1.82, 2.24) is 15.8 Å². The van der Waals surface area contributed by atoms with Gasteiger partial charge in [0, 0.05) is 23.4 Å². The summed E-state index contributed by atoms with van der Waals surface area (Å²) in [5.74, 6) is 4.98. The molecule has 39 heavy (non-hydrogen) atoms. The first-order valence-electron chi connectivity index (χ1n) is 13.4. The van der Waals surface area contributed by atoms with Crippen molar-refractivity contribution >= 4 is 35.4 Å². The highest BCUT2D eigenvalue weighted by Gasteiger charge is 2.31. The second kappa shape index (κ2) is 23.3. The van der Waals surface area contributed by atoms with Gasteiger partial charge in [0.15, 0.2) is 0 Å². The normalized spacial score (nSPS) is 13.4. The number of nitrogens with one attached hydrogen (secondary N) is 2. The van der Waals surface area contributed by atoms with Crippen LogP contribution in [0.3, 0.4) is 0 Å². The van der Waals surface area contributed by atoms with E-state index in [1.807, 2.05) is 45.4 Å². The number of nitrogens with zero attached hydrogens (tertiary/aromatic N) is 3. The summed E-state index contributed by atoms with van der Waals surface area (Å²) in [4.78, 5) is 14.0. The molecular weight excluding hydrogens is 533 g/mol. The van der Waals surface area contributed by atoms with Crippen LogP contribution < -0.4 is 22.4 Å². The van der Waals surface area contributed by atoms with E-state index in [-0.39, 0.29) is 17.9 Å². The van der Waals surface area contributed by atoms with Gasteiger partial charge >= 0.3 is 0 Å². The molecule has 0 spiro atoms. The van der Waals surface area contributed by atoms with E-state index in [9.17, 15) is 10.1 Å². The number of amides is 1. The van der Waals surface area contributed by atoms with E-state index in [0.29, 0.717) is 18.8 Å². The van der Waals surface area contributed by atoms with Crippen molar-refractivity contribution in [1.29, 1.82) is 5.26 Å². The molecule has 2 atom stereocenters. The third-order valence-corrected chi connectivity index (χ3v) is 6.55. The fourth-order valence-corrected chi connectivity index (χ4v) is 4.39. The first kappa shape index (κ1) is 38.6. The first-order valence-corrected chi connectivity index (χ1v) is 14.3. The predicted molar refractivity (Wildman–Crippen MR) is 168 cm³/mol. The molecule has 1 aromatic rings. The Kier molecular flexibility index (Phi) is 23.1. The summed E-state index contributed by atoms with van der Waals surface area (Å²) in [6.45, 7) is 13.2. The molecule has 1 rings (SSSR count). The number of nitrogens with two attached hydrogens (primary N) is 2. The topological polar surface area (TPSA) is 133 Å². The van der Waals surface area contributed by atoms with Crippen LogP contribution in [-0.2, 0) is 16.6 Å². The molecule has 0 aliphatic heterocycles. The lowest BCUT2D eigenvalue weighted by molar-refractivity contribution is -0.130. The standard InChI is InChI=1S/C26H37Cl2N3O.C2H6.CH6N4/c1-6-10-20-17-22(28)12-13-24(20)26(4,21(7-2)11-9-15-27)14-16-30-19-25(32)31(5)23(8-3)18-29;1-2;2-1-4-5-3/h7,9,11-13,17,23,30H,6,8,10,14-16,19H2,1-5H3;1-2H3;1,5H,3H2,(H2,2,4)/b11-9-,21-7+;;. The van der Waals surface area contributed by atoms with Gasteiger partial charge in [-0.25, -0.2) is 11.4 Å². The smallest absolute Gasteiger partial charge is 0.237 e. The number of carbonyl (C=O) groups is 1. The van der Waals surface area contributed by atoms with Gasteiger partial charge in [0.25, 0.3) is 0 Å². The quantitative estimate of drug-likeness (QED) is 0.0441. The Balaban J connectivity index is 0. The van der Waals surface area contributed by atoms with Gasteiger partial charge in [0.1, 0.15) is 12.4 Å². The number of hydrogen-bond donors (Lipinski definition) is 4. The lowest BCUT2D eigenvalue weighted by Gasteiger charge is -2.34. The van der Waals surface area contributed by atoms with Gasteiger partial charge in [0.05, 0.1) is 12.6 Å². The van der Waals surface area contributed by atoms with E-state index < -0.39 is 6.04 Å². The van der Waals surface area contributed by atoms with Gasteiger partial charge in [-0.1, -0.05) is 76.9 Å². The zero-order valence-corrected chi connectivity index (χ0v) is 26.2. The van der Waals surface area contributed by atoms with Crippen LogP contribution in [0.4, 0.5) is 0 Å². The molecule has 0 saturated carbocycles. The maximum atomic E-state index is 12.5. The fraction of sp³-hybridized carbons (Fsp3) is 0.552. The lowest BCUT2D eigenvalue weighted by Crippen LogP contribution is -2.42. The fourth-order valence-electron chi connectivity index (χ4n) is 4.11. The van der Waals surface area contributed by atoms with Crippen LogP contribution in [0.25, 0.3) is 0 Å². The number of halogens is 2. The Hall–Kier alpha value is -2.57. The minimum Gasteiger partial charge on any atom is -0.388 e. The van der Waals surface area contributed by atoms with Crippen molar-refractivity contribution in [3.05, 3.63) is 58.1 Å². The van der Waals surface area contributed by atoms with Crippen LogP contribution in [0.15, 0.2) is 47.1 Å². The number of hydrazone groups is 1. The summed E-state index contributed by atoms with van der Waals surface area (Å²) in [7, 11) is 1.69. The van der Waals surface area contributed by atoms with Crippen LogP contribution in [0.1, 0.15) is 71.9 Å². The molecule has 0 bridgehead atoms. The third kappa shape index (κ3) is 13.9. The Bertz CT molecular complexity index is 944. The maximum absolute atomic E-state index is 12.5. The molecule has 0 saturated heterocycles. The SMILES string of the molecule is C/C=C(\C=C/CCl)C(C)(CCNCC(=O)N(C)C(C#N)CC)c1ccc(Cl)cc1CCC.CC.N/C=N\NN. The van der Waals surface area contributed by atoms with Crippen LogP contribution >= 0.6 is 23.2 Å². The monoisotopic (exact) mass is 581 g/mol. The summed E-state index contributed by atoms with van der Waals surface area (Å²) in [6.07, 6.45) is 10.6. The summed E-state index contributed by atoms with van der Waals surface area (Å²) in [5.41, 5.74) is 10.1. The van der Waals surface area contributed by atoms with E-state index in [0.717, 1.165) is 30.6 Å². The molecule has 0 aliphatic rings. The number of likely N-dealkylation sites (N-methyl/N-ethyl adjacent to an activating group) is 1. The number of rotatable bonds is 14. The number of hydrogen-bond acceptors (Lipinski definition) is 6. The molecule has 8 nitrogen and oxygen atoms in total. The number of allylic oxidation sites excluding steroid dienone is 4. The zero-order chi connectivity index (χ0) is 30.3. The Labute approximate surface area is 246 Å². The zero-order valence-electron chi connectivity index (χ0n) is 24.7. The van der Waals surface area contributed by atoms with Crippen molar-refractivity contribution < 1.29 is 4.79 Å². The van der Waals surface area contributed by atoms with E-state index in [4.69, 9.17) is 28.9 Å². The highest BCUT2D eigenvalue weighted by molar-refractivity contribution is 6.30. The predicted octanol–water partition coefficient (Wildman–Crippen LogP) is 5.41. The number of benzene rings is 1. The molecule has 1 aromatic carbocycles. The molecular formula is C29H49Cl2N7O.